The Hall–Kier alpha value is -3.59. The van der Waals surface area contributed by atoms with Crippen LogP contribution >= 0.6 is 0 Å². The summed E-state index contributed by atoms with van der Waals surface area (Å²) in [7, 11) is 0. The number of hydrogen-bond donors (Lipinski definition) is 2. The van der Waals surface area contributed by atoms with Crippen LogP contribution < -0.4 is 15.6 Å². The van der Waals surface area contributed by atoms with E-state index in [2.05, 4.69) is 65.8 Å². The molecule has 0 unspecified atom stereocenters. The van der Waals surface area contributed by atoms with Crippen LogP contribution in [0.5, 0.6) is 0 Å². The van der Waals surface area contributed by atoms with Crippen LogP contribution in [-0.4, -0.2) is 52.5 Å². The quantitative estimate of drug-likeness (QED) is 0.478. The van der Waals surface area contributed by atoms with Crippen molar-refractivity contribution in [1.29, 1.82) is 0 Å². The third kappa shape index (κ3) is 5.06. The van der Waals surface area contributed by atoms with Gasteiger partial charge in [0.15, 0.2) is 0 Å². The second-order valence-electron chi connectivity index (χ2n) is 6.98. The lowest BCUT2D eigenvalue weighted by atomic mass is 10.1. The van der Waals surface area contributed by atoms with Gasteiger partial charge >= 0.3 is 0 Å². The van der Waals surface area contributed by atoms with Crippen LogP contribution in [0.3, 0.4) is 0 Å². The standard InChI is InChI=1S/C21H24N8O/c1-15-3-4-16(2)18(13-15)24-19-25-20(28-23-14-17-5-7-22-8-6-17)27-21(26-19)29-9-11-30-12-10-29/h3-8,13-14H,9-12H2,1-2H3,(H2,24,25,26,27,28)/b23-14+. The fourth-order valence-corrected chi connectivity index (χ4v) is 2.98. The van der Waals surface area contributed by atoms with Gasteiger partial charge in [-0.3, -0.25) is 4.98 Å². The SMILES string of the molecule is Cc1ccc(C)c(Nc2nc(N/N=C/c3ccncc3)nc(N3CCOCC3)n2)c1. The molecule has 0 spiro atoms. The number of nitrogens with zero attached hydrogens (tertiary/aromatic N) is 6. The average Bonchev–Trinajstić information content (AvgIpc) is 2.77. The first kappa shape index (κ1) is 19.7. The highest BCUT2D eigenvalue weighted by atomic mass is 16.5. The molecule has 0 aliphatic carbocycles. The van der Waals surface area contributed by atoms with Crippen LogP contribution in [0, 0.1) is 13.8 Å². The normalized spacial score (nSPS) is 14.1. The van der Waals surface area contributed by atoms with Crippen molar-refractivity contribution in [2.45, 2.75) is 13.8 Å². The van der Waals surface area contributed by atoms with Crippen molar-refractivity contribution in [3.8, 4) is 0 Å². The van der Waals surface area contributed by atoms with Crippen LogP contribution in [0.4, 0.5) is 23.5 Å². The van der Waals surface area contributed by atoms with Gasteiger partial charge in [-0.25, -0.2) is 5.43 Å². The smallest absolute Gasteiger partial charge is 0.250 e. The Morgan fingerprint density at radius 1 is 1.00 bits per heavy atom. The monoisotopic (exact) mass is 404 g/mol. The Balaban J connectivity index is 1.60. The lowest BCUT2D eigenvalue weighted by Crippen LogP contribution is -2.37. The van der Waals surface area contributed by atoms with Crippen molar-refractivity contribution in [3.05, 3.63) is 59.4 Å². The van der Waals surface area contributed by atoms with Crippen LogP contribution in [-0.2, 0) is 4.74 Å². The number of aromatic nitrogens is 4. The second kappa shape index (κ2) is 9.27. The van der Waals surface area contributed by atoms with E-state index in [1.165, 1.54) is 0 Å². The van der Waals surface area contributed by atoms with Crippen LogP contribution in [0.15, 0.2) is 47.8 Å². The summed E-state index contributed by atoms with van der Waals surface area (Å²) >= 11 is 0. The van der Waals surface area contributed by atoms with Crippen molar-refractivity contribution in [2.75, 3.05) is 41.9 Å². The number of anilines is 4. The molecule has 4 rings (SSSR count). The summed E-state index contributed by atoms with van der Waals surface area (Å²) in [6, 6.07) is 9.95. The Labute approximate surface area is 175 Å². The van der Waals surface area contributed by atoms with Gasteiger partial charge in [-0.15, -0.1) is 0 Å². The number of pyridine rings is 1. The van der Waals surface area contributed by atoms with E-state index >= 15 is 0 Å². The van der Waals surface area contributed by atoms with Crippen molar-refractivity contribution < 1.29 is 4.74 Å². The van der Waals surface area contributed by atoms with Gasteiger partial charge in [-0.1, -0.05) is 12.1 Å². The Morgan fingerprint density at radius 3 is 2.57 bits per heavy atom. The molecule has 0 bridgehead atoms. The number of benzene rings is 1. The fraction of sp³-hybridized carbons (Fsp3) is 0.286. The van der Waals surface area contributed by atoms with Crippen molar-refractivity contribution in [3.63, 3.8) is 0 Å². The first-order valence-electron chi connectivity index (χ1n) is 9.79. The molecule has 154 valence electrons. The zero-order valence-electron chi connectivity index (χ0n) is 17.0. The van der Waals surface area contributed by atoms with Crippen molar-refractivity contribution >= 4 is 29.7 Å². The molecule has 1 aliphatic rings. The summed E-state index contributed by atoms with van der Waals surface area (Å²) in [5, 5.41) is 7.57. The molecule has 0 amide bonds. The van der Waals surface area contributed by atoms with Gasteiger partial charge in [0, 0.05) is 31.2 Å². The molecule has 30 heavy (non-hydrogen) atoms. The molecule has 1 aromatic carbocycles. The Bertz CT molecular complexity index is 1020. The van der Waals surface area contributed by atoms with Gasteiger partial charge in [-0.05, 0) is 48.7 Å². The average molecular weight is 404 g/mol. The lowest BCUT2D eigenvalue weighted by molar-refractivity contribution is 0.122. The second-order valence-corrected chi connectivity index (χ2v) is 6.98. The van der Waals surface area contributed by atoms with E-state index in [1.54, 1.807) is 18.6 Å². The highest BCUT2D eigenvalue weighted by molar-refractivity contribution is 5.79. The number of hydrazone groups is 1. The molecule has 2 N–H and O–H groups in total. The largest absolute Gasteiger partial charge is 0.378 e. The van der Waals surface area contributed by atoms with Gasteiger partial charge < -0.3 is 15.0 Å². The molecule has 1 saturated heterocycles. The molecule has 3 heterocycles. The van der Waals surface area contributed by atoms with E-state index in [0.29, 0.717) is 31.1 Å². The molecule has 1 aliphatic heterocycles. The molecule has 0 radical (unpaired) electrons. The summed E-state index contributed by atoms with van der Waals surface area (Å²) in [6.45, 7) is 6.85. The van der Waals surface area contributed by atoms with Gasteiger partial charge in [-0.2, -0.15) is 20.1 Å². The van der Waals surface area contributed by atoms with Gasteiger partial charge in [0.25, 0.3) is 0 Å². The van der Waals surface area contributed by atoms with E-state index in [-0.39, 0.29) is 0 Å². The fourth-order valence-electron chi connectivity index (χ4n) is 2.98. The first-order chi connectivity index (χ1) is 14.7. The lowest BCUT2D eigenvalue weighted by Gasteiger charge is -2.27. The van der Waals surface area contributed by atoms with E-state index in [1.807, 2.05) is 19.1 Å². The predicted molar refractivity (Wildman–Crippen MR) is 118 cm³/mol. The predicted octanol–water partition coefficient (Wildman–Crippen LogP) is 2.91. The van der Waals surface area contributed by atoms with Gasteiger partial charge in [0.05, 0.1) is 19.4 Å². The third-order valence-corrected chi connectivity index (χ3v) is 4.64. The highest BCUT2D eigenvalue weighted by Crippen LogP contribution is 2.22. The topological polar surface area (TPSA) is 100 Å². The Morgan fingerprint density at radius 2 is 1.77 bits per heavy atom. The van der Waals surface area contributed by atoms with Crippen LogP contribution in [0.2, 0.25) is 0 Å². The van der Waals surface area contributed by atoms with Crippen LogP contribution in [0.25, 0.3) is 0 Å². The molecule has 0 atom stereocenters. The van der Waals surface area contributed by atoms with Crippen LogP contribution in [0.1, 0.15) is 16.7 Å². The van der Waals surface area contributed by atoms with E-state index in [4.69, 9.17) is 4.74 Å². The molecular formula is C21H24N8O. The minimum Gasteiger partial charge on any atom is -0.378 e. The number of morpholine rings is 1. The number of ether oxygens (including phenoxy) is 1. The summed E-state index contributed by atoms with van der Waals surface area (Å²) < 4.78 is 5.45. The number of nitrogens with one attached hydrogen (secondary N) is 2. The van der Waals surface area contributed by atoms with Gasteiger partial charge in [0.1, 0.15) is 0 Å². The third-order valence-electron chi connectivity index (χ3n) is 4.64. The summed E-state index contributed by atoms with van der Waals surface area (Å²) in [6.07, 6.45) is 5.12. The van der Waals surface area contributed by atoms with E-state index < -0.39 is 0 Å². The van der Waals surface area contributed by atoms with Crippen molar-refractivity contribution in [2.24, 2.45) is 5.10 Å². The van der Waals surface area contributed by atoms with E-state index in [0.717, 1.165) is 35.5 Å². The maximum Gasteiger partial charge on any atom is 0.250 e. The number of aryl methyl sites for hydroxylation is 2. The molecule has 0 saturated carbocycles. The van der Waals surface area contributed by atoms with Gasteiger partial charge in [0.2, 0.25) is 17.8 Å². The zero-order valence-corrected chi connectivity index (χ0v) is 17.0. The molecule has 2 aromatic heterocycles. The molecule has 3 aromatic rings. The number of rotatable bonds is 6. The minimum absolute atomic E-state index is 0.365. The molecular weight excluding hydrogens is 380 g/mol. The van der Waals surface area contributed by atoms with Crippen molar-refractivity contribution in [1.82, 2.24) is 19.9 Å². The van der Waals surface area contributed by atoms with E-state index in [9.17, 15) is 0 Å². The first-order valence-corrected chi connectivity index (χ1v) is 9.79. The number of hydrogen-bond acceptors (Lipinski definition) is 9. The summed E-state index contributed by atoms with van der Waals surface area (Å²) in [5.41, 5.74) is 7.07. The maximum atomic E-state index is 5.45. The summed E-state index contributed by atoms with van der Waals surface area (Å²) in [4.78, 5) is 19.7. The highest BCUT2D eigenvalue weighted by Gasteiger charge is 2.17. The zero-order chi connectivity index (χ0) is 20.8. The summed E-state index contributed by atoms with van der Waals surface area (Å²) in [5.74, 6) is 1.41. The Kier molecular flexibility index (Phi) is 6.09. The molecule has 9 nitrogen and oxygen atoms in total. The molecule has 9 heteroatoms. The molecule has 1 fully saturated rings. The maximum absolute atomic E-state index is 5.45. The minimum atomic E-state index is 0.365.